The minimum absolute atomic E-state index is 0.0684. The lowest BCUT2D eigenvalue weighted by Gasteiger charge is -2.41. The van der Waals surface area contributed by atoms with Crippen molar-refractivity contribution in [2.75, 3.05) is 5.32 Å². The van der Waals surface area contributed by atoms with Gasteiger partial charge in [-0.2, -0.15) is 8.78 Å². The first-order valence-corrected chi connectivity index (χ1v) is 6.50. The van der Waals surface area contributed by atoms with Crippen LogP contribution in [-0.2, 0) is 4.79 Å². The van der Waals surface area contributed by atoms with Gasteiger partial charge in [-0.15, -0.1) is 0 Å². The maximum atomic E-state index is 14.0. The van der Waals surface area contributed by atoms with Crippen LogP contribution in [0.4, 0.5) is 14.5 Å². The Morgan fingerprint density at radius 2 is 2.00 bits per heavy atom. The Morgan fingerprint density at radius 1 is 1.38 bits per heavy atom. The molecule has 5 nitrogen and oxygen atoms in total. The van der Waals surface area contributed by atoms with Crippen LogP contribution in [-0.4, -0.2) is 28.4 Å². The molecule has 1 aliphatic carbocycles. The van der Waals surface area contributed by atoms with E-state index < -0.39 is 23.3 Å². The van der Waals surface area contributed by atoms with Crippen LogP contribution in [0.2, 0.25) is 0 Å². The van der Waals surface area contributed by atoms with Crippen LogP contribution in [0.1, 0.15) is 35.2 Å². The molecule has 114 valence electrons. The summed E-state index contributed by atoms with van der Waals surface area (Å²) in [5.41, 5.74) is 3.38. The molecule has 7 heteroatoms. The number of halogens is 2. The Kier molecular flexibility index (Phi) is 3.71. The molecule has 21 heavy (non-hydrogen) atoms. The number of amides is 2. The van der Waals surface area contributed by atoms with Gasteiger partial charge in [0.15, 0.2) is 0 Å². The molecule has 1 aromatic rings. The molecule has 0 aliphatic heterocycles. The van der Waals surface area contributed by atoms with Gasteiger partial charge in [-0.1, -0.05) is 6.07 Å². The summed E-state index contributed by atoms with van der Waals surface area (Å²) in [5, 5.41) is 11.8. The number of carbonyl (C=O) groups excluding carboxylic acids is 2. The third kappa shape index (κ3) is 2.49. The highest BCUT2D eigenvalue weighted by Crippen LogP contribution is 2.44. The van der Waals surface area contributed by atoms with E-state index in [1.807, 2.05) is 0 Å². The second kappa shape index (κ2) is 5.07. The fourth-order valence-corrected chi connectivity index (χ4v) is 2.28. The first-order chi connectivity index (χ1) is 9.69. The number of hydrogen-bond donors (Lipinski definition) is 3. The molecule has 0 atom stereocenters. The Morgan fingerprint density at radius 3 is 2.48 bits per heavy atom. The molecule has 0 radical (unpaired) electrons. The molecule has 1 aromatic carbocycles. The number of nitrogens with two attached hydrogens (primary N) is 1. The summed E-state index contributed by atoms with van der Waals surface area (Å²) in [7, 11) is 0. The zero-order chi connectivity index (χ0) is 15.8. The topological polar surface area (TPSA) is 92.4 Å². The van der Waals surface area contributed by atoms with Gasteiger partial charge in [0.1, 0.15) is 5.60 Å². The quantitative estimate of drug-likeness (QED) is 0.788. The number of hydrogen-bond acceptors (Lipinski definition) is 3. The number of nitrogens with one attached hydrogen (secondary N) is 1. The molecule has 1 fully saturated rings. The second-order valence-corrected chi connectivity index (χ2v) is 5.26. The summed E-state index contributed by atoms with van der Waals surface area (Å²) in [5.74, 6) is -6.19. The molecule has 0 spiro atoms. The van der Waals surface area contributed by atoms with Crippen molar-refractivity contribution in [1.82, 2.24) is 0 Å². The van der Waals surface area contributed by atoms with Crippen LogP contribution >= 0.6 is 0 Å². The van der Waals surface area contributed by atoms with Gasteiger partial charge >= 0.3 is 5.92 Å². The zero-order valence-corrected chi connectivity index (χ0v) is 11.5. The maximum Gasteiger partial charge on any atom is 0.352 e. The normalized spacial score (nSPS) is 17.0. The van der Waals surface area contributed by atoms with Gasteiger partial charge in [0, 0.05) is 11.3 Å². The highest BCUT2D eigenvalue weighted by Gasteiger charge is 2.61. The van der Waals surface area contributed by atoms with Crippen molar-refractivity contribution in [3.05, 3.63) is 29.3 Å². The van der Waals surface area contributed by atoms with E-state index in [-0.39, 0.29) is 24.1 Å². The van der Waals surface area contributed by atoms with E-state index in [9.17, 15) is 23.5 Å². The lowest BCUT2D eigenvalue weighted by Crippen LogP contribution is -2.59. The summed E-state index contributed by atoms with van der Waals surface area (Å²) >= 11 is 0. The van der Waals surface area contributed by atoms with Gasteiger partial charge in [0.2, 0.25) is 5.91 Å². The van der Waals surface area contributed by atoms with Gasteiger partial charge in [-0.3, -0.25) is 9.59 Å². The molecule has 2 amide bonds. The molecule has 1 aliphatic rings. The molecule has 4 N–H and O–H groups in total. The largest absolute Gasteiger partial charge is 0.383 e. The summed E-state index contributed by atoms with van der Waals surface area (Å²) < 4.78 is 27.9. The molecule has 0 aromatic heterocycles. The number of benzene rings is 1. The van der Waals surface area contributed by atoms with Crippen molar-refractivity contribution in [2.24, 2.45) is 5.73 Å². The Bertz CT molecular complexity index is 598. The predicted molar refractivity (Wildman–Crippen MR) is 72.1 cm³/mol. The number of primary amides is 1. The molecular formula is C14H16F2N2O3. The standard InChI is InChI=1S/C14H16F2N2O3/c1-8-9(11(17)19)4-2-5-10(8)18-12(20)14(15,16)13(21)6-3-7-13/h2,4-5,21H,3,6-7H2,1H3,(H2,17,19)(H,18,20). The van der Waals surface area contributed by atoms with Crippen LogP contribution in [0.25, 0.3) is 0 Å². The fraction of sp³-hybridized carbons (Fsp3) is 0.429. The van der Waals surface area contributed by atoms with E-state index in [1.54, 1.807) is 0 Å². The lowest BCUT2D eigenvalue weighted by molar-refractivity contribution is -0.212. The van der Waals surface area contributed by atoms with Crippen LogP contribution in [0.5, 0.6) is 0 Å². The lowest BCUT2D eigenvalue weighted by atomic mass is 9.75. The van der Waals surface area contributed by atoms with Crippen LogP contribution in [0.15, 0.2) is 18.2 Å². The van der Waals surface area contributed by atoms with Gasteiger partial charge in [0.25, 0.3) is 5.91 Å². The van der Waals surface area contributed by atoms with Crippen molar-refractivity contribution in [3.63, 3.8) is 0 Å². The van der Waals surface area contributed by atoms with Crippen molar-refractivity contribution >= 4 is 17.5 Å². The minimum Gasteiger partial charge on any atom is -0.383 e. The number of rotatable bonds is 4. The van der Waals surface area contributed by atoms with Crippen molar-refractivity contribution in [3.8, 4) is 0 Å². The number of carbonyl (C=O) groups is 2. The predicted octanol–water partition coefficient (Wildman–Crippen LogP) is 1.58. The van der Waals surface area contributed by atoms with Crippen LogP contribution < -0.4 is 11.1 Å². The van der Waals surface area contributed by atoms with Crippen LogP contribution in [0, 0.1) is 6.92 Å². The summed E-state index contributed by atoms with van der Waals surface area (Å²) in [6, 6.07) is 4.25. The first kappa shape index (κ1) is 15.4. The average Bonchev–Trinajstić information content (AvgIpc) is 2.37. The summed E-state index contributed by atoms with van der Waals surface area (Å²) in [4.78, 5) is 23.0. The second-order valence-electron chi connectivity index (χ2n) is 5.26. The van der Waals surface area contributed by atoms with Gasteiger partial charge in [-0.05, 0) is 43.9 Å². The van der Waals surface area contributed by atoms with E-state index in [2.05, 4.69) is 5.32 Å². The molecular weight excluding hydrogens is 282 g/mol. The average molecular weight is 298 g/mol. The smallest absolute Gasteiger partial charge is 0.352 e. The molecule has 1 saturated carbocycles. The minimum atomic E-state index is -3.89. The fourth-order valence-electron chi connectivity index (χ4n) is 2.28. The van der Waals surface area contributed by atoms with Gasteiger partial charge in [0.05, 0.1) is 0 Å². The van der Waals surface area contributed by atoms with E-state index in [0.29, 0.717) is 12.0 Å². The molecule has 2 rings (SSSR count). The monoisotopic (exact) mass is 298 g/mol. The van der Waals surface area contributed by atoms with E-state index in [0.717, 1.165) is 0 Å². The van der Waals surface area contributed by atoms with Crippen molar-refractivity contribution in [2.45, 2.75) is 37.7 Å². The van der Waals surface area contributed by atoms with Gasteiger partial charge in [-0.25, -0.2) is 0 Å². The number of anilines is 1. The molecule has 0 bridgehead atoms. The number of aliphatic hydroxyl groups is 1. The van der Waals surface area contributed by atoms with E-state index in [1.165, 1.54) is 25.1 Å². The van der Waals surface area contributed by atoms with Gasteiger partial charge < -0.3 is 16.2 Å². The SMILES string of the molecule is Cc1c(NC(=O)C(F)(F)C2(O)CCC2)cccc1C(N)=O. The summed E-state index contributed by atoms with van der Waals surface area (Å²) in [6.45, 7) is 1.49. The Labute approximate surface area is 120 Å². The van der Waals surface area contributed by atoms with Crippen molar-refractivity contribution in [1.29, 1.82) is 0 Å². The third-order valence-corrected chi connectivity index (χ3v) is 3.90. The molecule has 0 saturated heterocycles. The zero-order valence-electron chi connectivity index (χ0n) is 11.5. The van der Waals surface area contributed by atoms with E-state index >= 15 is 0 Å². The van der Waals surface area contributed by atoms with E-state index in [4.69, 9.17) is 5.73 Å². The molecule has 0 unspecified atom stereocenters. The highest BCUT2D eigenvalue weighted by atomic mass is 19.3. The first-order valence-electron chi connectivity index (χ1n) is 6.50. The Balaban J connectivity index is 2.24. The third-order valence-electron chi connectivity index (χ3n) is 3.90. The van der Waals surface area contributed by atoms with Crippen LogP contribution in [0.3, 0.4) is 0 Å². The highest BCUT2D eigenvalue weighted by molar-refractivity contribution is 6.01. The Hall–Kier alpha value is -2.02. The maximum absolute atomic E-state index is 14.0. The molecule has 0 heterocycles. The van der Waals surface area contributed by atoms with Crippen molar-refractivity contribution < 1.29 is 23.5 Å². The summed E-state index contributed by atoms with van der Waals surface area (Å²) in [6.07, 6.45) is 0.219. The number of alkyl halides is 2.